The maximum absolute atomic E-state index is 4.17. The Hall–Kier alpha value is -0.610. The lowest BCUT2D eigenvalue weighted by Crippen LogP contribution is -2.36. The van der Waals surface area contributed by atoms with Gasteiger partial charge in [0, 0.05) is 11.7 Å². The van der Waals surface area contributed by atoms with E-state index in [4.69, 9.17) is 0 Å². The van der Waals surface area contributed by atoms with Crippen molar-refractivity contribution >= 4 is 11.8 Å². The number of thioether (sulfide) groups is 1. The summed E-state index contributed by atoms with van der Waals surface area (Å²) in [4.78, 5) is 8.07. The molecule has 16 heavy (non-hydrogen) atoms. The summed E-state index contributed by atoms with van der Waals surface area (Å²) in [6, 6.07) is 1.96. The topological polar surface area (TPSA) is 37.8 Å². The van der Waals surface area contributed by atoms with E-state index in [1.165, 1.54) is 12.8 Å². The molecule has 3 nitrogen and oxygen atoms in total. The van der Waals surface area contributed by atoms with Gasteiger partial charge in [-0.2, -0.15) is 0 Å². The highest BCUT2D eigenvalue weighted by Crippen LogP contribution is 2.14. The number of nitrogens with one attached hydrogen (secondary N) is 1. The first-order chi connectivity index (χ1) is 7.58. The van der Waals surface area contributed by atoms with Gasteiger partial charge < -0.3 is 5.32 Å². The van der Waals surface area contributed by atoms with Crippen molar-refractivity contribution in [1.29, 1.82) is 0 Å². The fourth-order valence-electron chi connectivity index (χ4n) is 1.23. The van der Waals surface area contributed by atoms with Gasteiger partial charge in [0.25, 0.3) is 0 Å². The normalized spacial score (nSPS) is 11.7. The number of nitrogens with zero attached hydrogens (tertiary/aromatic N) is 2. The molecule has 0 atom stereocenters. The lowest BCUT2D eigenvalue weighted by Gasteiger charge is -2.20. The van der Waals surface area contributed by atoms with E-state index in [0.29, 0.717) is 0 Å². The zero-order valence-corrected chi connectivity index (χ0v) is 11.2. The second-order valence-electron chi connectivity index (χ2n) is 4.78. The number of hydrogen-bond donors (Lipinski definition) is 1. The Morgan fingerprint density at radius 3 is 2.75 bits per heavy atom. The minimum atomic E-state index is 0.236. The minimum Gasteiger partial charge on any atom is -0.312 e. The summed E-state index contributed by atoms with van der Waals surface area (Å²) in [5.41, 5.74) is 0.236. The molecule has 1 heterocycles. The van der Waals surface area contributed by atoms with Gasteiger partial charge in [-0.25, -0.2) is 9.97 Å². The lowest BCUT2D eigenvalue weighted by atomic mass is 10.1. The Kier molecular flexibility index (Phi) is 5.77. The van der Waals surface area contributed by atoms with Crippen molar-refractivity contribution in [1.82, 2.24) is 15.3 Å². The van der Waals surface area contributed by atoms with E-state index in [9.17, 15) is 0 Å². The Balaban J connectivity index is 2.01. The van der Waals surface area contributed by atoms with Crippen LogP contribution in [0.2, 0.25) is 0 Å². The van der Waals surface area contributed by atoms with Gasteiger partial charge in [-0.3, -0.25) is 0 Å². The van der Waals surface area contributed by atoms with E-state index < -0.39 is 0 Å². The summed E-state index contributed by atoms with van der Waals surface area (Å²) in [5.74, 6) is 1.13. The second kappa shape index (κ2) is 6.86. The van der Waals surface area contributed by atoms with Crippen molar-refractivity contribution in [3.05, 3.63) is 18.6 Å². The van der Waals surface area contributed by atoms with E-state index in [2.05, 4.69) is 36.1 Å². The van der Waals surface area contributed by atoms with Crippen LogP contribution in [0.25, 0.3) is 0 Å². The molecule has 0 aliphatic rings. The molecule has 0 aliphatic heterocycles. The van der Waals surface area contributed by atoms with Crippen LogP contribution in [0.5, 0.6) is 0 Å². The van der Waals surface area contributed by atoms with Gasteiger partial charge in [-0.1, -0.05) is 0 Å². The van der Waals surface area contributed by atoms with Gasteiger partial charge in [-0.15, -0.1) is 11.8 Å². The molecule has 0 aromatic carbocycles. The van der Waals surface area contributed by atoms with E-state index in [1.807, 2.05) is 6.07 Å². The van der Waals surface area contributed by atoms with Crippen LogP contribution in [0.15, 0.2) is 23.6 Å². The molecule has 0 fully saturated rings. The third-order valence-corrected chi connectivity index (χ3v) is 3.06. The summed E-state index contributed by atoms with van der Waals surface area (Å²) in [6.45, 7) is 7.68. The Bertz CT molecular complexity index is 282. The molecule has 0 saturated heterocycles. The smallest absolute Gasteiger partial charge is 0.116 e. The minimum absolute atomic E-state index is 0.236. The third kappa shape index (κ3) is 6.80. The van der Waals surface area contributed by atoms with Crippen molar-refractivity contribution in [2.24, 2.45) is 0 Å². The van der Waals surface area contributed by atoms with Crippen LogP contribution in [0.1, 0.15) is 33.6 Å². The highest BCUT2D eigenvalue weighted by molar-refractivity contribution is 7.99. The van der Waals surface area contributed by atoms with Crippen molar-refractivity contribution in [2.45, 2.75) is 44.2 Å². The first kappa shape index (κ1) is 13.5. The van der Waals surface area contributed by atoms with Gasteiger partial charge in [-0.05, 0) is 52.0 Å². The van der Waals surface area contributed by atoms with Crippen LogP contribution in [0.3, 0.4) is 0 Å². The van der Waals surface area contributed by atoms with Crippen LogP contribution < -0.4 is 5.32 Å². The predicted molar refractivity (Wildman–Crippen MR) is 69.7 cm³/mol. The molecule has 0 bridgehead atoms. The third-order valence-electron chi connectivity index (χ3n) is 2.03. The number of rotatable bonds is 6. The lowest BCUT2D eigenvalue weighted by molar-refractivity contribution is 0.421. The first-order valence-corrected chi connectivity index (χ1v) is 6.70. The summed E-state index contributed by atoms with van der Waals surface area (Å²) in [7, 11) is 0. The molecule has 0 aliphatic carbocycles. The fraction of sp³-hybridized carbons (Fsp3) is 0.667. The van der Waals surface area contributed by atoms with E-state index >= 15 is 0 Å². The van der Waals surface area contributed by atoms with Gasteiger partial charge in [0.05, 0.1) is 5.03 Å². The molecule has 1 rings (SSSR count). The average molecular weight is 239 g/mol. The molecule has 1 aromatic heterocycles. The molecule has 4 heteroatoms. The summed E-state index contributed by atoms with van der Waals surface area (Å²) >= 11 is 1.80. The largest absolute Gasteiger partial charge is 0.312 e. The molecular weight excluding hydrogens is 218 g/mol. The number of hydrogen-bond acceptors (Lipinski definition) is 4. The number of aromatic nitrogens is 2. The standard InChI is InChI=1S/C12H21N3S/c1-12(2,3)15-7-4-5-9-16-11-6-8-13-10-14-11/h6,8,10,15H,4-5,7,9H2,1-3H3. The molecular formula is C12H21N3S. The Labute approximate surface area is 102 Å². The summed E-state index contributed by atoms with van der Waals surface area (Å²) < 4.78 is 0. The van der Waals surface area contributed by atoms with Gasteiger partial charge in [0.15, 0.2) is 0 Å². The summed E-state index contributed by atoms with van der Waals surface area (Å²) in [6.07, 6.45) is 5.83. The van der Waals surface area contributed by atoms with Crippen LogP contribution >= 0.6 is 11.8 Å². The van der Waals surface area contributed by atoms with E-state index in [-0.39, 0.29) is 5.54 Å². The highest BCUT2D eigenvalue weighted by atomic mass is 32.2. The van der Waals surface area contributed by atoms with Crippen LogP contribution in [-0.2, 0) is 0 Å². The monoisotopic (exact) mass is 239 g/mol. The maximum atomic E-state index is 4.17. The van der Waals surface area contributed by atoms with Crippen LogP contribution in [-0.4, -0.2) is 27.8 Å². The van der Waals surface area contributed by atoms with Gasteiger partial charge in [0.2, 0.25) is 0 Å². The number of unbranched alkanes of at least 4 members (excludes halogenated alkanes) is 1. The van der Waals surface area contributed by atoms with Crippen LogP contribution in [0.4, 0.5) is 0 Å². The Morgan fingerprint density at radius 1 is 1.31 bits per heavy atom. The molecule has 0 amide bonds. The summed E-state index contributed by atoms with van der Waals surface area (Å²) in [5, 5.41) is 4.55. The SMILES string of the molecule is CC(C)(C)NCCCCSc1ccncn1. The molecule has 0 saturated carbocycles. The molecule has 1 aromatic rings. The molecule has 0 radical (unpaired) electrons. The molecule has 0 unspecified atom stereocenters. The van der Waals surface area contributed by atoms with Crippen molar-refractivity contribution < 1.29 is 0 Å². The molecule has 90 valence electrons. The highest BCUT2D eigenvalue weighted by Gasteiger charge is 2.06. The molecule has 1 N–H and O–H groups in total. The van der Waals surface area contributed by atoms with E-state index in [1.54, 1.807) is 24.3 Å². The van der Waals surface area contributed by atoms with Crippen molar-refractivity contribution in [3.63, 3.8) is 0 Å². The van der Waals surface area contributed by atoms with Crippen LogP contribution in [0, 0.1) is 0 Å². The van der Waals surface area contributed by atoms with Crippen molar-refractivity contribution in [2.75, 3.05) is 12.3 Å². The predicted octanol–water partition coefficient (Wildman–Crippen LogP) is 2.74. The zero-order valence-electron chi connectivity index (χ0n) is 10.4. The quantitative estimate of drug-likeness (QED) is 0.470. The van der Waals surface area contributed by atoms with Gasteiger partial charge in [0.1, 0.15) is 6.33 Å². The Morgan fingerprint density at radius 2 is 2.12 bits per heavy atom. The second-order valence-corrected chi connectivity index (χ2v) is 5.90. The zero-order chi connectivity index (χ0) is 11.9. The molecule has 0 spiro atoms. The van der Waals surface area contributed by atoms with Crippen molar-refractivity contribution in [3.8, 4) is 0 Å². The van der Waals surface area contributed by atoms with Gasteiger partial charge >= 0.3 is 0 Å². The van der Waals surface area contributed by atoms with E-state index in [0.717, 1.165) is 17.3 Å². The fourth-order valence-corrected chi connectivity index (χ4v) is 2.07. The maximum Gasteiger partial charge on any atom is 0.116 e. The average Bonchev–Trinajstić information content (AvgIpc) is 2.23. The first-order valence-electron chi connectivity index (χ1n) is 5.72.